The monoisotopic (exact) mass is 316 g/mol. The zero-order chi connectivity index (χ0) is 14.8. The average Bonchev–Trinajstić information content (AvgIpc) is 2.49. The van der Waals surface area contributed by atoms with E-state index in [4.69, 9.17) is 5.73 Å². The molecule has 0 aliphatic carbocycles. The molecule has 0 spiro atoms. The van der Waals surface area contributed by atoms with Crippen molar-refractivity contribution in [2.24, 2.45) is 0 Å². The molecule has 0 saturated heterocycles. The molecule has 1 aliphatic heterocycles. The summed E-state index contributed by atoms with van der Waals surface area (Å²) in [4.78, 5) is 14.6. The largest absolute Gasteiger partial charge is 0.399 e. The number of nitrogen functional groups attached to an aromatic ring is 1. The molecule has 1 heterocycles. The van der Waals surface area contributed by atoms with Gasteiger partial charge in [-0.2, -0.15) is 0 Å². The standard InChI is InChI=1S/C18H20N2O.ClH/c1-13-10-15-4-2-3-5-16(15)12-20(13)18(21)11-14-6-8-17(19)9-7-14;/h2-9,13H,10-12,19H2,1H3;1H. The fourth-order valence-corrected chi connectivity index (χ4v) is 2.92. The number of hydrogen-bond acceptors (Lipinski definition) is 2. The fourth-order valence-electron chi connectivity index (χ4n) is 2.92. The van der Waals surface area contributed by atoms with Crippen LogP contribution in [0, 0.1) is 0 Å². The molecule has 0 fully saturated rings. The van der Waals surface area contributed by atoms with E-state index in [0.717, 1.165) is 17.7 Å². The van der Waals surface area contributed by atoms with Crippen LogP contribution in [0.1, 0.15) is 23.6 Å². The number of nitrogens with two attached hydrogens (primary N) is 1. The van der Waals surface area contributed by atoms with E-state index < -0.39 is 0 Å². The first kappa shape index (κ1) is 16.4. The van der Waals surface area contributed by atoms with E-state index in [9.17, 15) is 4.79 Å². The Balaban J connectivity index is 0.00000176. The van der Waals surface area contributed by atoms with Crippen LogP contribution in [0.3, 0.4) is 0 Å². The molecular weight excluding hydrogens is 296 g/mol. The van der Waals surface area contributed by atoms with Gasteiger partial charge in [0.1, 0.15) is 0 Å². The summed E-state index contributed by atoms with van der Waals surface area (Å²) in [7, 11) is 0. The third-order valence-corrected chi connectivity index (χ3v) is 4.16. The second-order valence-electron chi connectivity index (χ2n) is 5.76. The molecule has 0 saturated carbocycles. The highest BCUT2D eigenvalue weighted by Crippen LogP contribution is 2.23. The molecule has 0 bridgehead atoms. The number of carbonyl (C=O) groups excluding carboxylic acids is 1. The van der Waals surface area contributed by atoms with Crippen molar-refractivity contribution in [3.8, 4) is 0 Å². The molecule has 1 aliphatic rings. The lowest BCUT2D eigenvalue weighted by molar-refractivity contribution is -0.133. The smallest absolute Gasteiger partial charge is 0.227 e. The Morgan fingerprint density at radius 1 is 1.14 bits per heavy atom. The van der Waals surface area contributed by atoms with Gasteiger partial charge in [-0.1, -0.05) is 36.4 Å². The van der Waals surface area contributed by atoms with E-state index in [-0.39, 0.29) is 24.4 Å². The lowest BCUT2D eigenvalue weighted by Gasteiger charge is -2.35. The van der Waals surface area contributed by atoms with Crippen molar-refractivity contribution in [3.05, 3.63) is 65.2 Å². The Morgan fingerprint density at radius 3 is 2.45 bits per heavy atom. The maximum atomic E-state index is 12.6. The number of benzene rings is 2. The highest BCUT2D eigenvalue weighted by Gasteiger charge is 2.26. The second-order valence-corrected chi connectivity index (χ2v) is 5.76. The number of halogens is 1. The Hall–Kier alpha value is -2.00. The number of carbonyl (C=O) groups is 1. The molecule has 0 aromatic heterocycles. The second kappa shape index (κ2) is 6.84. The molecular formula is C18H21ClN2O. The van der Waals surface area contributed by atoms with E-state index in [1.807, 2.05) is 35.2 Å². The Bertz CT molecular complexity index is 654. The minimum Gasteiger partial charge on any atom is -0.399 e. The number of amides is 1. The van der Waals surface area contributed by atoms with Crippen LogP contribution in [0.25, 0.3) is 0 Å². The highest BCUT2D eigenvalue weighted by molar-refractivity contribution is 5.85. The summed E-state index contributed by atoms with van der Waals surface area (Å²) in [5.41, 5.74) is 10.1. The number of hydrogen-bond donors (Lipinski definition) is 1. The van der Waals surface area contributed by atoms with E-state index >= 15 is 0 Å². The maximum absolute atomic E-state index is 12.6. The number of fused-ring (bicyclic) bond motifs is 1. The van der Waals surface area contributed by atoms with Crippen molar-refractivity contribution in [3.63, 3.8) is 0 Å². The molecule has 2 aromatic rings. The zero-order valence-corrected chi connectivity index (χ0v) is 13.5. The summed E-state index contributed by atoms with van der Waals surface area (Å²) in [6, 6.07) is 16.2. The van der Waals surface area contributed by atoms with Crippen LogP contribution in [0.4, 0.5) is 5.69 Å². The molecule has 3 rings (SSSR count). The van der Waals surface area contributed by atoms with Gasteiger partial charge in [-0.3, -0.25) is 4.79 Å². The van der Waals surface area contributed by atoms with Crippen LogP contribution in [-0.4, -0.2) is 16.8 Å². The molecule has 22 heavy (non-hydrogen) atoms. The van der Waals surface area contributed by atoms with E-state index in [0.29, 0.717) is 13.0 Å². The Labute approximate surface area is 137 Å². The fraction of sp³-hybridized carbons (Fsp3) is 0.278. The molecule has 4 heteroatoms. The van der Waals surface area contributed by atoms with Crippen LogP contribution >= 0.6 is 12.4 Å². The Morgan fingerprint density at radius 2 is 1.77 bits per heavy atom. The van der Waals surface area contributed by atoms with Gasteiger partial charge in [0.25, 0.3) is 0 Å². The van der Waals surface area contributed by atoms with Gasteiger partial charge in [0, 0.05) is 18.3 Å². The molecule has 116 valence electrons. The SMILES string of the molecule is CC1Cc2ccccc2CN1C(=O)Cc1ccc(N)cc1.Cl. The van der Waals surface area contributed by atoms with Crippen LogP contribution < -0.4 is 5.73 Å². The van der Waals surface area contributed by atoms with Gasteiger partial charge >= 0.3 is 0 Å². The lowest BCUT2D eigenvalue weighted by Crippen LogP contribution is -2.43. The first-order valence-corrected chi connectivity index (χ1v) is 7.34. The molecule has 2 N–H and O–H groups in total. The van der Waals surface area contributed by atoms with Crippen molar-refractivity contribution in [1.29, 1.82) is 0 Å². The van der Waals surface area contributed by atoms with Crippen molar-refractivity contribution >= 4 is 24.0 Å². The summed E-state index contributed by atoms with van der Waals surface area (Å²) < 4.78 is 0. The van der Waals surface area contributed by atoms with Crippen molar-refractivity contribution in [2.45, 2.75) is 32.4 Å². The van der Waals surface area contributed by atoms with Gasteiger partial charge in [0.2, 0.25) is 5.91 Å². The summed E-state index contributed by atoms with van der Waals surface area (Å²) in [5, 5.41) is 0. The van der Waals surface area contributed by atoms with Crippen LogP contribution in [0.2, 0.25) is 0 Å². The van der Waals surface area contributed by atoms with Gasteiger partial charge in [-0.05, 0) is 42.2 Å². The maximum Gasteiger partial charge on any atom is 0.227 e. The number of nitrogens with zero attached hydrogens (tertiary/aromatic N) is 1. The first-order chi connectivity index (χ1) is 10.1. The van der Waals surface area contributed by atoms with E-state index in [2.05, 4.69) is 25.1 Å². The lowest BCUT2D eigenvalue weighted by atomic mass is 9.94. The minimum absolute atomic E-state index is 0. The summed E-state index contributed by atoms with van der Waals surface area (Å²) in [5.74, 6) is 0.182. The summed E-state index contributed by atoms with van der Waals surface area (Å²) in [6.07, 6.45) is 1.37. The molecule has 3 nitrogen and oxygen atoms in total. The Kier molecular flexibility index (Phi) is 5.09. The summed E-state index contributed by atoms with van der Waals surface area (Å²) >= 11 is 0. The molecule has 2 aromatic carbocycles. The predicted molar refractivity (Wildman–Crippen MR) is 92.0 cm³/mol. The van der Waals surface area contributed by atoms with Crippen LogP contribution in [0.15, 0.2) is 48.5 Å². The normalized spacial score (nSPS) is 16.6. The quantitative estimate of drug-likeness (QED) is 0.865. The van der Waals surface area contributed by atoms with Crippen LogP contribution in [-0.2, 0) is 24.2 Å². The van der Waals surface area contributed by atoms with Gasteiger partial charge in [-0.25, -0.2) is 0 Å². The topological polar surface area (TPSA) is 46.3 Å². The molecule has 1 atom stereocenters. The molecule has 0 radical (unpaired) electrons. The summed E-state index contributed by atoms with van der Waals surface area (Å²) in [6.45, 7) is 2.84. The predicted octanol–water partition coefficient (Wildman–Crippen LogP) is 3.21. The van der Waals surface area contributed by atoms with Gasteiger partial charge in [0.15, 0.2) is 0 Å². The van der Waals surface area contributed by atoms with Crippen molar-refractivity contribution in [1.82, 2.24) is 4.90 Å². The third-order valence-electron chi connectivity index (χ3n) is 4.16. The van der Waals surface area contributed by atoms with E-state index in [1.165, 1.54) is 11.1 Å². The first-order valence-electron chi connectivity index (χ1n) is 7.34. The van der Waals surface area contributed by atoms with Crippen LogP contribution in [0.5, 0.6) is 0 Å². The van der Waals surface area contributed by atoms with E-state index in [1.54, 1.807) is 0 Å². The number of anilines is 1. The average molecular weight is 317 g/mol. The number of rotatable bonds is 2. The van der Waals surface area contributed by atoms with Crippen molar-refractivity contribution < 1.29 is 4.79 Å². The molecule has 1 amide bonds. The van der Waals surface area contributed by atoms with Gasteiger partial charge in [-0.15, -0.1) is 12.4 Å². The van der Waals surface area contributed by atoms with Gasteiger partial charge < -0.3 is 10.6 Å². The molecule has 1 unspecified atom stereocenters. The minimum atomic E-state index is 0. The third kappa shape index (κ3) is 3.42. The highest BCUT2D eigenvalue weighted by atomic mass is 35.5. The van der Waals surface area contributed by atoms with Gasteiger partial charge in [0.05, 0.1) is 6.42 Å². The zero-order valence-electron chi connectivity index (χ0n) is 12.7. The van der Waals surface area contributed by atoms with Crippen molar-refractivity contribution in [2.75, 3.05) is 5.73 Å².